The van der Waals surface area contributed by atoms with Crippen LogP contribution in [0.2, 0.25) is 0 Å². The standard InChI is InChI=1S/C9H14F6O3/c1-3-5-17-9(15,18-6(16)4-2)7(10,11)8(12,13)14/h6,16H,3-5H2,1-2H3. The first kappa shape index (κ1) is 17.5. The zero-order valence-corrected chi connectivity index (χ0v) is 9.73. The van der Waals surface area contributed by atoms with Gasteiger partial charge in [0, 0.05) is 0 Å². The van der Waals surface area contributed by atoms with Gasteiger partial charge in [0.05, 0.1) is 6.61 Å². The van der Waals surface area contributed by atoms with Gasteiger partial charge in [0.2, 0.25) is 0 Å². The van der Waals surface area contributed by atoms with Gasteiger partial charge in [-0.3, -0.25) is 4.74 Å². The van der Waals surface area contributed by atoms with Gasteiger partial charge < -0.3 is 9.84 Å². The Bertz CT molecular complexity index is 257. The zero-order chi connectivity index (χ0) is 14.6. The summed E-state index contributed by atoms with van der Waals surface area (Å²) in [6, 6.07) is -4.75. The Labute approximate surface area is 99.7 Å². The molecule has 0 saturated carbocycles. The van der Waals surface area contributed by atoms with Crippen molar-refractivity contribution in [3.8, 4) is 0 Å². The molecule has 9 heteroatoms. The first-order valence-electron chi connectivity index (χ1n) is 5.15. The van der Waals surface area contributed by atoms with E-state index in [1.165, 1.54) is 13.8 Å². The van der Waals surface area contributed by atoms with E-state index < -0.39 is 31.0 Å². The van der Waals surface area contributed by atoms with Crippen LogP contribution >= 0.6 is 0 Å². The van der Waals surface area contributed by atoms with E-state index in [1.54, 1.807) is 0 Å². The third-order valence-corrected chi connectivity index (χ3v) is 1.86. The van der Waals surface area contributed by atoms with Gasteiger partial charge in [-0.05, 0) is 12.8 Å². The van der Waals surface area contributed by atoms with Crippen LogP contribution in [0, 0.1) is 0 Å². The molecule has 2 unspecified atom stereocenters. The monoisotopic (exact) mass is 284 g/mol. The molecule has 110 valence electrons. The lowest BCUT2D eigenvalue weighted by molar-refractivity contribution is -0.479. The Balaban J connectivity index is 5.19. The Hall–Kier alpha value is -0.540. The molecule has 0 aromatic rings. The fourth-order valence-corrected chi connectivity index (χ4v) is 0.860. The predicted molar refractivity (Wildman–Crippen MR) is 48.5 cm³/mol. The molecular weight excluding hydrogens is 270 g/mol. The molecule has 0 heterocycles. The van der Waals surface area contributed by atoms with Gasteiger partial charge in [-0.1, -0.05) is 13.8 Å². The smallest absolute Gasteiger partial charge is 0.368 e. The first-order valence-corrected chi connectivity index (χ1v) is 5.15. The van der Waals surface area contributed by atoms with Crippen LogP contribution in [0.1, 0.15) is 26.7 Å². The number of hydrogen-bond donors (Lipinski definition) is 1. The van der Waals surface area contributed by atoms with Crippen LogP contribution < -0.4 is 0 Å². The molecular formula is C9H14F6O3. The summed E-state index contributed by atoms with van der Waals surface area (Å²) in [6.07, 6.45) is -8.73. The summed E-state index contributed by atoms with van der Waals surface area (Å²) in [5, 5.41) is 8.88. The topological polar surface area (TPSA) is 38.7 Å². The molecule has 0 amide bonds. The summed E-state index contributed by atoms with van der Waals surface area (Å²) < 4.78 is 83.2. The van der Waals surface area contributed by atoms with Gasteiger partial charge in [-0.2, -0.15) is 26.3 Å². The largest absolute Gasteiger partial charge is 0.462 e. The fraction of sp³-hybridized carbons (Fsp3) is 1.00. The Kier molecular flexibility index (Phi) is 5.89. The molecule has 0 rings (SSSR count). The lowest BCUT2D eigenvalue weighted by atomic mass is 10.3. The van der Waals surface area contributed by atoms with Crippen molar-refractivity contribution in [3.63, 3.8) is 0 Å². The van der Waals surface area contributed by atoms with E-state index >= 15 is 0 Å². The fourth-order valence-electron chi connectivity index (χ4n) is 0.860. The van der Waals surface area contributed by atoms with Crippen molar-refractivity contribution in [2.75, 3.05) is 6.61 Å². The van der Waals surface area contributed by atoms with Gasteiger partial charge in [-0.15, -0.1) is 0 Å². The van der Waals surface area contributed by atoms with Gasteiger partial charge in [-0.25, -0.2) is 0 Å². The summed E-state index contributed by atoms with van der Waals surface area (Å²) in [5.74, 6) is -5.90. The summed E-state index contributed by atoms with van der Waals surface area (Å²) in [4.78, 5) is 0. The highest BCUT2D eigenvalue weighted by Gasteiger charge is 2.74. The molecule has 0 spiro atoms. The van der Waals surface area contributed by atoms with Crippen LogP contribution in [0.15, 0.2) is 0 Å². The number of alkyl halides is 6. The normalized spacial score (nSPS) is 18.5. The molecule has 0 bridgehead atoms. The van der Waals surface area contributed by atoms with Gasteiger partial charge in [0.1, 0.15) is 0 Å². The lowest BCUT2D eigenvalue weighted by Gasteiger charge is -2.34. The van der Waals surface area contributed by atoms with Crippen molar-refractivity contribution >= 4 is 0 Å². The number of hydrogen-bond acceptors (Lipinski definition) is 3. The van der Waals surface area contributed by atoms with Crippen molar-refractivity contribution in [1.82, 2.24) is 0 Å². The maximum atomic E-state index is 13.6. The van der Waals surface area contributed by atoms with E-state index in [0.29, 0.717) is 0 Å². The maximum Gasteiger partial charge on any atom is 0.462 e. The lowest BCUT2D eigenvalue weighted by Crippen LogP contribution is -2.58. The van der Waals surface area contributed by atoms with Crippen LogP contribution in [0.4, 0.5) is 26.3 Å². The molecule has 0 aromatic heterocycles. The molecule has 2 atom stereocenters. The minimum atomic E-state index is -6.21. The quantitative estimate of drug-likeness (QED) is 0.577. The number of rotatable bonds is 7. The zero-order valence-electron chi connectivity index (χ0n) is 9.73. The van der Waals surface area contributed by atoms with E-state index in [-0.39, 0.29) is 12.8 Å². The first-order chi connectivity index (χ1) is 8.02. The molecule has 18 heavy (non-hydrogen) atoms. The van der Waals surface area contributed by atoms with Crippen LogP contribution in [0.25, 0.3) is 0 Å². The average Bonchev–Trinajstić information content (AvgIpc) is 2.24. The van der Waals surface area contributed by atoms with Gasteiger partial charge >= 0.3 is 18.1 Å². The highest BCUT2D eigenvalue weighted by molar-refractivity contribution is 4.86. The van der Waals surface area contributed by atoms with Gasteiger partial charge in [0.15, 0.2) is 6.29 Å². The molecule has 0 radical (unpaired) electrons. The van der Waals surface area contributed by atoms with Crippen LogP contribution in [0.3, 0.4) is 0 Å². The van der Waals surface area contributed by atoms with Gasteiger partial charge in [0.25, 0.3) is 0 Å². The van der Waals surface area contributed by atoms with E-state index in [1.807, 2.05) is 0 Å². The molecule has 0 aliphatic carbocycles. The minimum absolute atomic E-state index is 0.00874. The second kappa shape index (κ2) is 6.07. The number of aliphatic hydroxyl groups is 1. The molecule has 3 nitrogen and oxygen atoms in total. The average molecular weight is 284 g/mol. The Morgan fingerprint density at radius 3 is 1.89 bits per heavy atom. The highest BCUT2D eigenvalue weighted by atomic mass is 19.4. The Morgan fingerprint density at radius 1 is 1.06 bits per heavy atom. The summed E-state index contributed by atoms with van der Waals surface area (Å²) in [5.41, 5.74) is 0. The third-order valence-electron chi connectivity index (χ3n) is 1.86. The molecule has 0 saturated heterocycles. The van der Waals surface area contributed by atoms with E-state index in [4.69, 9.17) is 5.11 Å². The number of aliphatic hydroxyl groups excluding tert-OH is 1. The molecule has 1 N–H and O–H groups in total. The predicted octanol–water partition coefficient (Wildman–Crippen LogP) is 2.98. The second-order valence-corrected chi connectivity index (χ2v) is 3.44. The van der Waals surface area contributed by atoms with Crippen LogP contribution in [-0.2, 0) is 9.47 Å². The molecule has 0 aliphatic rings. The van der Waals surface area contributed by atoms with Crippen molar-refractivity contribution in [3.05, 3.63) is 0 Å². The second-order valence-electron chi connectivity index (χ2n) is 3.44. The van der Waals surface area contributed by atoms with Crippen molar-refractivity contribution < 1.29 is 40.9 Å². The molecule has 0 aromatic carbocycles. The van der Waals surface area contributed by atoms with E-state index in [2.05, 4.69) is 9.47 Å². The van der Waals surface area contributed by atoms with E-state index in [0.717, 1.165) is 0 Å². The molecule has 0 fully saturated rings. The summed E-state index contributed by atoms with van der Waals surface area (Å²) >= 11 is 0. The summed E-state index contributed by atoms with van der Waals surface area (Å²) in [6.45, 7) is 1.86. The van der Waals surface area contributed by atoms with Crippen molar-refractivity contribution in [2.24, 2.45) is 0 Å². The molecule has 0 aliphatic heterocycles. The maximum absolute atomic E-state index is 13.6. The minimum Gasteiger partial charge on any atom is -0.368 e. The Morgan fingerprint density at radius 2 is 1.56 bits per heavy atom. The third kappa shape index (κ3) is 3.72. The summed E-state index contributed by atoms with van der Waals surface area (Å²) in [7, 11) is 0. The van der Waals surface area contributed by atoms with Crippen molar-refractivity contribution in [2.45, 2.75) is 51.1 Å². The highest BCUT2D eigenvalue weighted by Crippen LogP contribution is 2.47. The van der Waals surface area contributed by atoms with Crippen LogP contribution in [-0.4, -0.2) is 36.1 Å². The number of ether oxygens (including phenoxy) is 2. The van der Waals surface area contributed by atoms with Crippen LogP contribution in [0.5, 0.6) is 0 Å². The van der Waals surface area contributed by atoms with Crippen molar-refractivity contribution in [1.29, 1.82) is 0 Å². The number of halogens is 6. The SMILES string of the molecule is CCCOC(F)(OC(O)CC)C(F)(F)C(F)(F)F. The van der Waals surface area contributed by atoms with E-state index in [9.17, 15) is 26.3 Å².